The molecule has 1 aliphatic heterocycles. The molecule has 7 nitrogen and oxygen atoms in total. The molecular weight excluding hydrogens is 442 g/mol. The summed E-state index contributed by atoms with van der Waals surface area (Å²) in [6.07, 6.45) is 6.71. The first-order valence-corrected chi connectivity index (χ1v) is 12.3. The zero-order chi connectivity index (χ0) is 23.6. The summed E-state index contributed by atoms with van der Waals surface area (Å²) in [4.78, 5) is 25.6. The minimum absolute atomic E-state index is 0.203. The minimum atomic E-state index is -4.05. The third kappa shape index (κ3) is 4.81. The van der Waals surface area contributed by atoms with Gasteiger partial charge in [0, 0.05) is 5.39 Å². The quantitative estimate of drug-likeness (QED) is 0.273. The lowest BCUT2D eigenvalue weighted by Crippen LogP contribution is -2.41. The van der Waals surface area contributed by atoms with Crippen LogP contribution in [0.1, 0.15) is 51.6 Å². The Morgan fingerprint density at radius 2 is 1.61 bits per heavy atom. The van der Waals surface area contributed by atoms with Crippen LogP contribution in [0.25, 0.3) is 22.9 Å². The van der Waals surface area contributed by atoms with Crippen molar-refractivity contribution in [3.8, 4) is 5.75 Å². The Hall–Kier alpha value is -3.49. The molecule has 4 rings (SSSR count). The van der Waals surface area contributed by atoms with E-state index in [1.807, 2.05) is 42.5 Å². The molecule has 8 heteroatoms. The first-order valence-electron chi connectivity index (χ1n) is 10.5. The van der Waals surface area contributed by atoms with E-state index in [1.165, 1.54) is 0 Å². The summed E-state index contributed by atoms with van der Waals surface area (Å²) < 4.78 is 33.4. The molecule has 0 unspecified atom stereocenters. The topological polar surface area (TPSA) is 90.0 Å². The molecule has 1 heterocycles. The molecule has 0 atom stereocenters. The Labute approximate surface area is 192 Å². The summed E-state index contributed by atoms with van der Waals surface area (Å²) >= 11 is 0. The Morgan fingerprint density at radius 1 is 0.909 bits per heavy atom. The van der Waals surface area contributed by atoms with Gasteiger partial charge in [0.15, 0.2) is 0 Å². The fourth-order valence-corrected chi connectivity index (χ4v) is 4.05. The molecule has 3 aromatic carbocycles. The predicted octanol–water partition coefficient (Wildman–Crippen LogP) is 4.68. The van der Waals surface area contributed by atoms with Crippen LogP contribution in [-0.2, 0) is 14.4 Å². The van der Waals surface area contributed by atoms with Crippen LogP contribution >= 0.6 is 0 Å². The molecule has 0 saturated carbocycles. The second-order valence-electron chi connectivity index (χ2n) is 7.72. The summed E-state index contributed by atoms with van der Waals surface area (Å²) in [5, 5.41) is 1.48. The molecule has 1 aliphatic rings. The fraction of sp³-hybridized carbons (Fsp3) is 0.200. The molecule has 0 aliphatic carbocycles. The van der Waals surface area contributed by atoms with Gasteiger partial charge in [-0.05, 0) is 47.2 Å². The van der Waals surface area contributed by atoms with Gasteiger partial charge in [-0.15, -0.1) is 9.35 Å². The Bertz CT molecular complexity index is 1340. The number of hydrogen-bond donors (Lipinski definition) is 0. The standard InChI is InChI=1S/C25H23NO6S/c1-3-4-16-31-19-13-9-17(10-14-19)8-11-18-12-15-22-23-20(18)6-5-7-21(23)24(27)26(25(22)28)32-33(2,29)30/h5-15H,3-4,16H2,1-2H3/b11-8+. The number of benzene rings is 3. The predicted molar refractivity (Wildman–Crippen MR) is 126 cm³/mol. The van der Waals surface area contributed by atoms with Gasteiger partial charge in [-0.3, -0.25) is 9.59 Å². The van der Waals surface area contributed by atoms with Crippen molar-refractivity contribution in [1.29, 1.82) is 0 Å². The van der Waals surface area contributed by atoms with Crippen LogP contribution in [-0.4, -0.2) is 38.2 Å². The van der Waals surface area contributed by atoms with Crippen molar-refractivity contribution in [3.63, 3.8) is 0 Å². The van der Waals surface area contributed by atoms with Gasteiger partial charge in [0.05, 0.1) is 24.0 Å². The fourth-order valence-electron chi connectivity index (χ4n) is 3.64. The number of carbonyl (C=O) groups excluding carboxylic acids is 2. The molecule has 0 fully saturated rings. The van der Waals surface area contributed by atoms with Crippen LogP contribution in [0.3, 0.4) is 0 Å². The lowest BCUT2D eigenvalue weighted by atomic mass is 9.92. The molecule has 0 spiro atoms. The largest absolute Gasteiger partial charge is 0.494 e. The number of unbranched alkanes of at least 4 members (excludes halogenated alkanes) is 1. The number of hydrogen-bond acceptors (Lipinski definition) is 6. The molecule has 0 aromatic heterocycles. The van der Waals surface area contributed by atoms with Crippen molar-refractivity contribution in [2.75, 3.05) is 12.9 Å². The van der Waals surface area contributed by atoms with Crippen LogP contribution in [0.5, 0.6) is 5.75 Å². The van der Waals surface area contributed by atoms with Crippen molar-refractivity contribution < 1.29 is 27.0 Å². The van der Waals surface area contributed by atoms with E-state index in [0.717, 1.165) is 36.0 Å². The summed E-state index contributed by atoms with van der Waals surface area (Å²) in [6.45, 7) is 2.81. The highest BCUT2D eigenvalue weighted by molar-refractivity contribution is 7.85. The Kier molecular flexibility index (Phi) is 6.31. The zero-order valence-corrected chi connectivity index (χ0v) is 19.1. The van der Waals surface area contributed by atoms with E-state index in [9.17, 15) is 18.0 Å². The van der Waals surface area contributed by atoms with E-state index in [2.05, 4.69) is 11.2 Å². The molecule has 3 aromatic rings. The monoisotopic (exact) mass is 465 g/mol. The first-order chi connectivity index (χ1) is 15.8. The third-order valence-electron chi connectivity index (χ3n) is 5.22. The van der Waals surface area contributed by atoms with Crippen molar-refractivity contribution in [2.24, 2.45) is 0 Å². The molecule has 170 valence electrons. The number of carbonyl (C=O) groups is 2. The smallest absolute Gasteiger partial charge is 0.286 e. The number of ether oxygens (including phenoxy) is 1. The Balaban J connectivity index is 1.65. The van der Waals surface area contributed by atoms with Gasteiger partial charge >= 0.3 is 0 Å². The van der Waals surface area contributed by atoms with Gasteiger partial charge in [-0.25, -0.2) is 0 Å². The maximum Gasteiger partial charge on any atom is 0.286 e. The van der Waals surface area contributed by atoms with Crippen molar-refractivity contribution in [3.05, 3.63) is 76.9 Å². The van der Waals surface area contributed by atoms with Crippen molar-refractivity contribution >= 4 is 44.9 Å². The number of hydroxylamine groups is 2. The minimum Gasteiger partial charge on any atom is -0.494 e. The van der Waals surface area contributed by atoms with E-state index >= 15 is 0 Å². The van der Waals surface area contributed by atoms with E-state index in [-0.39, 0.29) is 11.1 Å². The van der Waals surface area contributed by atoms with Crippen molar-refractivity contribution in [2.45, 2.75) is 19.8 Å². The van der Waals surface area contributed by atoms with E-state index in [0.29, 0.717) is 22.4 Å². The number of rotatable bonds is 8. The average Bonchev–Trinajstić information content (AvgIpc) is 2.79. The normalized spacial score (nSPS) is 13.8. The summed E-state index contributed by atoms with van der Waals surface area (Å²) in [7, 11) is -4.05. The maximum absolute atomic E-state index is 12.8. The van der Waals surface area contributed by atoms with Crippen LogP contribution in [0, 0.1) is 0 Å². The molecule has 33 heavy (non-hydrogen) atoms. The molecule has 0 bridgehead atoms. The average molecular weight is 466 g/mol. The highest BCUT2D eigenvalue weighted by atomic mass is 32.2. The number of amides is 2. The zero-order valence-electron chi connectivity index (χ0n) is 18.3. The second-order valence-corrected chi connectivity index (χ2v) is 9.28. The lowest BCUT2D eigenvalue weighted by Gasteiger charge is -2.25. The van der Waals surface area contributed by atoms with Gasteiger partial charge in [-0.1, -0.05) is 55.8 Å². The Morgan fingerprint density at radius 3 is 2.27 bits per heavy atom. The number of imide groups is 1. The summed E-state index contributed by atoms with van der Waals surface area (Å²) in [5.74, 6) is -0.813. The van der Waals surface area contributed by atoms with Gasteiger partial charge in [0.1, 0.15) is 5.75 Å². The van der Waals surface area contributed by atoms with Gasteiger partial charge in [-0.2, -0.15) is 8.42 Å². The van der Waals surface area contributed by atoms with Crippen LogP contribution in [0.2, 0.25) is 0 Å². The summed E-state index contributed by atoms with van der Waals surface area (Å²) in [6, 6.07) is 16.1. The molecule has 0 N–H and O–H groups in total. The lowest BCUT2D eigenvalue weighted by molar-refractivity contribution is -0.0149. The van der Waals surface area contributed by atoms with Gasteiger partial charge in [0.25, 0.3) is 21.9 Å². The highest BCUT2D eigenvalue weighted by Crippen LogP contribution is 2.33. The highest BCUT2D eigenvalue weighted by Gasteiger charge is 2.36. The molecular formula is C25H23NO6S. The van der Waals surface area contributed by atoms with Crippen molar-refractivity contribution in [1.82, 2.24) is 5.06 Å². The van der Waals surface area contributed by atoms with E-state index in [4.69, 9.17) is 4.74 Å². The third-order valence-corrected chi connectivity index (χ3v) is 5.64. The second kappa shape index (κ2) is 9.17. The molecule has 0 radical (unpaired) electrons. The van der Waals surface area contributed by atoms with Crippen LogP contribution in [0.4, 0.5) is 0 Å². The number of nitrogens with zero attached hydrogens (tertiary/aromatic N) is 1. The van der Waals surface area contributed by atoms with Gasteiger partial charge < -0.3 is 4.74 Å². The summed E-state index contributed by atoms with van der Waals surface area (Å²) in [5.41, 5.74) is 2.19. The van der Waals surface area contributed by atoms with E-state index in [1.54, 1.807) is 24.3 Å². The maximum atomic E-state index is 12.8. The van der Waals surface area contributed by atoms with E-state index < -0.39 is 21.9 Å². The SMILES string of the molecule is CCCCOc1ccc(/C=C/c2ccc3c4c(cccc24)C(=O)N(OS(C)(=O)=O)C3=O)cc1. The first kappa shape index (κ1) is 22.7. The molecule has 2 amide bonds. The van der Waals surface area contributed by atoms with Crippen LogP contribution in [0.15, 0.2) is 54.6 Å². The molecule has 0 saturated heterocycles. The van der Waals surface area contributed by atoms with Gasteiger partial charge in [0.2, 0.25) is 0 Å². The van der Waals surface area contributed by atoms with Crippen LogP contribution < -0.4 is 4.74 Å².